The van der Waals surface area contributed by atoms with Crippen molar-refractivity contribution < 1.29 is 14.6 Å². The monoisotopic (exact) mass is 610 g/mol. The van der Waals surface area contributed by atoms with Crippen molar-refractivity contribution in [1.29, 1.82) is 0 Å². The number of rotatable bonds is 7. The molecular formula is C34H31ClN4O3S. The molecule has 0 fully saturated rings. The molecule has 0 radical (unpaired) electrons. The van der Waals surface area contributed by atoms with E-state index >= 15 is 0 Å². The molecule has 9 heteroatoms. The Labute approximate surface area is 258 Å². The first kappa shape index (κ1) is 29.0. The predicted molar refractivity (Wildman–Crippen MR) is 173 cm³/mol. The fourth-order valence-electron chi connectivity index (χ4n) is 5.36. The van der Waals surface area contributed by atoms with Crippen LogP contribution in [0.1, 0.15) is 50.5 Å². The quantitative estimate of drug-likeness (QED) is 0.194. The number of hydrogen-bond donors (Lipinski definition) is 1. The number of thiazole rings is 1. The number of carbonyl (C=O) groups is 1. The highest BCUT2D eigenvalue weighted by Gasteiger charge is 2.32. The number of halogens is 1. The summed E-state index contributed by atoms with van der Waals surface area (Å²) in [4.78, 5) is 27.0. The minimum Gasteiger partial charge on any atom is -0.479 e. The topological polar surface area (TPSA) is 89.6 Å². The number of aromatic nitrogens is 4. The third kappa shape index (κ3) is 5.66. The fourth-order valence-corrected chi connectivity index (χ4v) is 6.60. The summed E-state index contributed by atoms with van der Waals surface area (Å²) in [5, 5.41) is 11.7. The van der Waals surface area contributed by atoms with Crippen LogP contribution in [0.3, 0.4) is 0 Å². The lowest BCUT2D eigenvalue weighted by atomic mass is 9.91. The highest BCUT2D eigenvalue weighted by Crippen LogP contribution is 2.44. The lowest BCUT2D eigenvalue weighted by Crippen LogP contribution is -2.28. The van der Waals surface area contributed by atoms with Crippen LogP contribution in [0.25, 0.3) is 48.8 Å². The molecule has 218 valence electrons. The first-order valence-electron chi connectivity index (χ1n) is 14.1. The van der Waals surface area contributed by atoms with Gasteiger partial charge in [0.25, 0.3) is 0 Å². The average Bonchev–Trinajstić information content (AvgIpc) is 3.59. The van der Waals surface area contributed by atoms with Crippen molar-refractivity contribution in [2.45, 2.75) is 52.7 Å². The fraction of sp³-hybridized carbons (Fsp3) is 0.235. The van der Waals surface area contributed by atoms with E-state index in [1.54, 1.807) is 6.20 Å². The van der Waals surface area contributed by atoms with Crippen molar-refractivity contribution in [3.8, 4) is 33.1 Å². The highest BCUT2D eigenvalue weighted by molar-refractivity contribution is 7.22. The second-order valence-corrected chi connectivity index (χ2v) is 12.9. The van der Waals surface area contributed by atoms with Crippen molar-refractivity contribution in [2.75, 3.05) is 0 Å². The summed E-state index contributed by atoms with van der Waals surface area (Å²) in [5.41, 5.74) is 7.87. The van der Waals surface area contributed by atoms with Crippen LogP contribution < -0.4 is 0 Å². The molecule has 2 aromatic carbocycles. The molecule has 7 nitrogen and oxygen atoms in total. The van der Waals surface area contributed by atoms with Gasteiger partial charge in [-0.15, -0.1) is 11.3 Å². The van der Waals surface area contributed by atoms with Crippen LogP contribution in [0.2, 0.25) is 5.02 Å². The van der Waals surface area contributed by atoms with Crippen molar-refractivity contribution in [3.05, 3.63) is 95.0 Å². The van der Waals surface area contributed by atoms with E-state index < -0.39 is 17.7 Å². The standard InChI is InChI=1S/C34H31ClN4O3S/c1-6-20-12-14-39-18-26(37-17-27(20)39)24-16-22(11-13-36-24)32-38-25-15-19(2)28(30(33(40)41)42-34(3,4)5)29(31(25)43-32)21-7-9-23(35)10-8-21/h7-18,30H,6H2,1-5H3,(H,40,41)/t30-/m0/s1. The summed E-state index contributed by atoms with van der Waals surface area (Å²) in [5.74, 6) is -1.05. The van der Waals surface area contributed by atoms with Gasteiger partial charge in [0.15, 0.2) is 6.10 Å². The lowest BCUT2D eigenvalue weighted by molar-refractivity contribution is -0.160. The van der Waals surface area contributed by atoms with Gasteiger partial charge >= 0.3 is 5.97 Å². The smallest absolute Gasteiger partial charge is 0.337 e. The molecule has 1 atom stereocenters. The maximum Gasteiger partial charge on any atom is 0.337 e. The molecule has 0 aliphatic heterocycles. The van der Waals surface area contributed by atoms with E-state index in [0.29, 0.717) is 10.6 Å². The summed E-state index contributed by atoms with van der Waals surface area (Å²) in [6.07, 6.45) is 7.47. The van der Waals surface area contributed by atoms with Gasteiger partial charge in [-0.3, -0.25) is 9.97 Å². The summed E-state index contributed by atoms with van der Waals surface area (Å²) in [6.45, 7) is 9.61. The Morgan fingerprint density at radius 3 is 2.53 bits per heavy atom. The first-order valence-corrected chi connectivity index (χ1v) is 15.2. The molecule has 0 bridgehead atoms. The molecular weight excluding hydrogens is 580 g/mol. The van der Waals surface area contributed by atoms with Gasteiger partial charge in [-0.2, -0.15) is 0 Å². The van der Waals surface area contributed by atoms with Crippen LogP contribution in [-0.2, 0) is 16.0 Å². The Hall–Kier alpha value is -4.11. The van der Waals surface area contributed by atoms with Gasteiger partial charge in [0.05, 0.1) is 33.2 Å². The third-order valence-corrected chi connectivity index (χ3v) is 8.69. The number of pyridine rings is 1. The second-order valence-electron chi connectivity index (χ2n) is 11.5. The molecule has 0 saturated heterocycles. The lowest BCUT2D eigenvalue weighted by Gasteiger charge is -2.28. The van der Waals surface area contributed by atoms with Crippen LogP contribution in [-0.4, -0.2) is 36.0 Å². The summed E-state index contributed by atoms with van der Waals surface area (Å²) in [7, 11) is 0. The van der Waals surface area contributed by atoms with Crippen molar-refractivity contribution in [1.82, 2.24) is 19.4 Å². The van der Waals surface area contributed by atoms with Gasteiger partial charge in [0.1, 0.15) is 10.7 Å². The second kappa shape index (κ2) is 11.2. The molecule has 0 unspecified atom stereocenters. The van der Waals surface area contributed by atoms with E-state index in [9.17, 15) is 9.90 Å². The van der Waals surface area contributed by atoms with Crippen molar-refractivity contribution >= 4 is 44.6 Å². The molecule has 0 saturated carbocycles. The van der Waals surface area contributed by atoms with Crippen LogP contribution in [0, 0.1) is 6.92 Å². The Bertz CT molecular complexity index is 1990. The summed E-state index contributed by atoms with van der Waals surface area (Å²) >= 11 is 7.75. The van der Waals surface area contributed by atoms with Crippen LogP contribution in [0.4, 0.5) is 0 Å². The zero-order chi connectivity index (χ0) is 30.5. The van der Waals surface area contributed by atoms with Gasteiger partial charge in [-0.05, 0) is 87.2 Å². The number of aryl methyl sites for hydroxylation is 2. The van der Waals surface area contributed by atoms with E-state index in [1.165, 1.54) is 16.9 Å². The van der Waals surface area contributed by atoms with Crippen LogP contribution in [0.15, 0.2) is 73.3 Å². The molecule has 43 heavy (non-hydrogen) atoms. The van der Waals surface area contributed by atoms with Crippen molar-refractivity contribution in [2.24, 2.45) is 0 Å². The van der Waals surface area contributed by atoms with E-state index in [-0.39, 0.29) is 0 Å². The molecule has 0 spiro atoms. The van der Waals surface area contributed by atoms with Crippen LogP contribution >= 0.6 is 22.9 Å². The molecule has 0 aliphatic rings. The minimum absolute atomic E-state index is 0.599. The Morgan fingerprint density at radius 2 is 1.84 bits per heavy atom. The van der Waals surface area contributed by atoms with Gasteiger partial charge in [0, 0.05) is 40.3 Å². The Kier molecular flexibility index (Phi) is 7.54. The van der Waals surface area contributed by atoms with E-state index in [1.807, 2.05) is 88.8 Å². The number of benzene rings is 2. The summed E-state index contributed by atoms with van der Waals surface area (Å²) < 4.78 is 9.09. The molecule has 0 aliphatic carbocycles. The highest BCUT2D eigenvalue weighted by atomic mass is 35.5. The average molecular weight is 611 g/mol. The van der Waals surface area contributed by atoms with E-state index in [4.69, 9.17) is 26.3 Å². The first-order chi connectivity index (χ1) is 20.5. The number of carboxylic acid groups (broad SMARTS) is 1. The Balaban J connectivity index is 1.51. The SMILES string of the molecule is CCc1ccn2cc(-c3cc(-c4nc5cc(C)c([C@H](OC(C)(C)C)C(=O)O)c(-c6ccc(Cl)cc6)c5s4)ccn3)ncc12. The molecule has 1 N–H and O–H groups in total. The number of fused-ring (bicyclic) bond motifs is 2. The predicted octanol–water partition coefficient (Wildman–Crippen LogP) is 8.81. The van der Waals surface area contributed by atoms with E-state index in [0.717, 1.165) is 60.8 Å². The Morgan fingerprint density at radius 1 is 1.07 bits per heavy atom. The zero-order valence-corrected chi connectivity index (χ0v) is 26.1. The number of nitrogens with zero attached hydrogens (tertiary/aromatic N) is 4. The molecule has 0 amide bonds. The van der Waals surface area contributed by atoms with Gasteiger partial charge in [-0.25, -0.2) is 9.78 Å². The number of hydrogen-bond acceptors (Lipinski definition) is 6. The maximum absolute atomic E-state index is 12.6. The van der Waals surface area contributed by atoms with E-state index in [2.05, 4.69) is 22.4 Å². The maximum atomic E-state index is 12.6. The molecule has 6 rings (SSSR count). The number of aliphatic carboxylic acids is 1. The third-order valence-electron chi connectivity index (χ3n) is 7.30. The minimum atomic E-state index is -1.17. The van der Waals surface area contributed by atoms with Gasteiger partial charge in [0.2, 0.25) is 0 Å². The van der Waals surface area contributed by atoms with Crippen molar-refractivity contribution in [3.63, 3.8) is 0 Å². The number of carboxylic acids is 1. The summed E-state index contributed by atoms with van der Waals surface area (Å²) in [6, 6.07) is 15.4. The molecule has 4 aromatic heterocycles. The van der Waals surface area contributed by atoms with Gasteiger partial charge < -0.3 is 14.2 Å². The van der Waals surface area contributed by atoms with Crippen LogP contribution in [0.5, 0.6) is 0 Å². The largest absolute Gasteiger partial charge is 0.479 e. The molecule has 4 heterocycles. The normalized spacial score (nSPS) is 12.7. The van der Waals surface area contributed by atoms with Gasteiger partial charge in [-0.1, -0.05) is 30.7 Å². The zero-order valence-electron chi connectivity index (χ0n) is 24.6. The number of ether oxygens (including phenoxy) is 1. The molecule has 6 aromatic rings.